The van der Waals surface area contributed by atoms with Crippen LogP contribution in [0.3, 0.4) is 0 Å². The molecule has 0 aliphatic carbocycles. The Balaban J connectivity index is 1.82. The Morgan fingerprint density at radius 2 is 1.66 bits per heavy atom. The minimum atomic E-state index is -4.65. The Morgan fingerprint density at radius 1 is 1.00 bits per heavy atom. The van der Waals surface area contributed by atoms with E-state index in [1.807, 2.05) is 0 Å². The van der Waals surface area contributed by atoms with Gasteiger partial charge in [-0.2, -0.15) is 13.2 Å². The van der Waals surface area contributed by atoms with Gasteiger partial charge in [0.2, 0.25) is 0 Å². The Labute approximate surface area is 188 Å². The van der Waals surface area contributed by atoms with Crippen molar-refractivity contribution in [1.29, 1.82) is 0 Å². The highest BCUT2D eigenvalue weighted by atomic mass is 35.5. The lowest BCUT2D eigenvalue weighted by atomic mass is 10.1. The second-order valence-electron chi connectivity index (χ2n) is 7.03. The zero-order valence-electron chi connectivity index (χ0n) is 16.9. The molecule has 32 heavy (non-hydrogen) atoms. The predicted molar refractivity (Wildman–Crippen MR) is 114 cm³/mol. The Morgan fingerprint density at radius 3 is 2.25 bits per heavy atom. The number of alkyl halides is 3. The monoisotopic (exact) mass is 486 g/mol. The van der Waals surface area contributed by atoms with E-state index in [1.165, 1.54) is 42.5 Å². The smallest absolute Gasteiger partial charge is 0.416 e. The van der Waals surface area contributed by atoms with E-state index in [0.29, 0.717) is 17.4 Å². The molecule has 0 aromatic heterocycles. The van der Waals surface area contributed by atoms with Gasteiger partial charge >= 0.3 is 6.18 Å². The maximum Gasteiger partial charge on any atom is 0.416 e. The Bertz CT molecular complexity index is 1170. The summed E-state index contributed by atoms with van der Waals surface area (Å²) < 4.78 is 84.6. The molecule has 1 unspecified atom stereocenters. The molecule has 3 nitrogen and oxygen atoms in total. The average Bonchev–Trinajstić information content (AvgIpc) is 2.74. The summed E-state index contributed by atoms with van der Waals surface area (Å²) in [6.45, 7) is 1.52. The molecule has 170 valence electrons. The first-order valence-electron chi connectivity index (χ1n) is 9.61. The van der Waals surface area contributed by atoms with Crippen molar-refractivity contribution in [3.05, 3.63) is 94.3 Å². The van der Waals surface area contributed by atoms with Crippen molar-refractivity contribution in [3.63, 3.8) is 0 Å². The van der Waals surface area contributed by atoms with Gasteiger partial charge in [-0.15, -0.1) is 0 Å². The van der Waals surface area contributed by atoms with Crippen LogP contribution in [0.15, 0.2) is 71.6 Å². The molecule has 1 atom stereocenters. The van der Waals surface area contributed by atoms with Gasteiger partial charge in [0.15, 0.2) is 9.84 Å². The van der Waals surface area contributed by atoms with Crippen LogP contribution in [0.4, 0.5) is 17.6 Å². The summed E-state index contributed by atoms with van der Waals surface area (Å²) >= 11 is 5.97. The Hall–Kier alpha value is -2.58. The van der Waals surface area contributed by atoms with Crippen molar-refractivity contribution in [1.82, 2.24) is 0 Å². The van der Waals surface area contributed by atoms with E-state index in [2.05, 4.69) is 0 Å². The number of benzene rings is 3. The molecule has 0 amide bonds. The molecule has 0 N–H and O–H groups in total. The molecule has 0 fully saturated rings. The minimum absolute atomic E-state index is 0.120. The van der Waals surface area contributed by atoms with Gasteiger partial charge in [-0.05, 0) is 54.4 Å². The molecule has 0 saturated heterocycles. The molecule has 0 saturated carbocycles. The average molecular weight is 487 g/mol. The number of ether oxygens (including phenoxy) is 1. The molecule has 3 aromatic rings. The molecule has 0 bridgehead atoms. The SMILES string of the molecule is CCC(c1ccc(OCc2c(F)cccc2Cl)cc1)S(=O)(=O)c1cccc(C(F)(F)F)c1. The van der Waals surface area contributed by atoms with Crippen molar-refractivity contribution in [2.75, 3.05) is 0 Å². The number of rotatable bonds is 7. The van der Waals surface area contributed by atoms with Gasteiger partial charge in [-0.25, -0.2) is 12.8 Å². The molecular formula is C23H19ClF4O3S. The van der Waals surface area contributed by atoms with Gasteiger partial charge in [0.1, 0.15) is 18.2 Å². The van der Waals surface area contributed by atoms with Crippen molar-refractivity contribution < 1.29 is 30.7 Å². The van der Waals surface area contributed by atoms with E-state index in [0.717, 1.165) is 18.2 Å². The quantitative estimate of drug-likeness (QED) is 0.338. The molecule has 0 aliphatic rings. The van der Waals surface area contributed by atoms with Crippen molar-refractivity contribution in [2.45, 2.75) is 36.3 Å². The summed E-state index contributed by atoms with van der Waals surface area (Å²) in [5.41, 5.74) is -0.429. The van der Waals surface area contributed by atoms with Crippen molar-refractivity contribution >= 4 is 21.4 Å². The van der Waals surface area contributed by atoms with E-state index in [1.54, 1.807) is 6.92 Å². The summed E-state index contributed by atoms with van der Waals surface area (Å²) in [6, 6.07) is 14.1. The molecule has 0 radical (unpaired) electrons. The topological polar surface area (TPSA) is 43.4 Å². The molecule has 0 heterocycles. The highest BCUT2D eigenvalue weighted by molar-refractivity contribution is 7.91. The minimum Gasteiger partial charge on any atom is -0.489 e. The fourth-order valence-corrected chi connectivity index (χ4v) is 5.31. The third-order valence-corrected chi connectivity index (χ3v) is 7.55. The molecule has 0 aliphatic heterocycles. The summed E-state index contributed by atoms with van der Waals surface area (Å²) in [7, 11) is -4.07. The van der Waals surface area contributed by atoms with Crippen LogP contribution in [0.5, 0.6) is 5.75 Å². The first-order valence-corrected chi connectivity index (χ1v) is 11.5. The lowest BCUT2D eigenvalue weighted by Crippen LogP contribution is -2.14. The molecule has 9 heteroatoms. The van der Waals surface area contributed by atoms with Crippen LogP contribution in [-0.4, -0.2) is 8.42 Å². The highest BCUT2D eigenvalue weighted by Crippen LogP contribution is 2.36. The van der Waals surface area contributed by atoms with Gasteiger partial charge in [0.25, 0.3) is 0 Å². The van der Waals surface area contributed by atoms with Gasteiger partial charge < -0.3 is 4.74 Å². The molecule has 3 aromatic carbocycles. The van der Waals surface area contributed by atoms with Crippen LogP contribution in [0, 0.1) is 5.82 Å². The van der Waals surface area contributed by atoms with Crippen molar-refractivity contribution in [3.8, 4) is 5.75 Å². The Kier molecular flexibility index (Phi) is 7.15. The lowest BCUT2D eigenvalue weighted by molar-refractivity contribution is -0.137. The lowest BCUT2D eigenvalue weighted by Gasteiger charge is -2.18. The predicted octanol–water partition coefficient (Wildman–Crippen LogP) is 7.00. The normalized spacial score (nSPS) is 13.1. The maximum atomic E-state index is 13.9. The summed E-state index contributed by atoms with van der Waals surface area (Å²) in [4.78, 5) is -0.395. The molecule has 0 spiro atoms. The third kappa shape index (κ3) is 5.24. The summed E-state index contributed by atoms with van der Waals surface area (Å²) in [5, 5.41) is -0.819. The second-order valence-corrected chi connectivity index (χ2v) is 9.56. The fourth-order valence-electron chi connectivity index (χ4n) is 3.25. The molecular weight excluding hydrogens is 468 g/mol. The number of sulfone groups is 1. The number of hydrogen-bond acceptors (Lipinski definition) is 3. The highest BCUT2D eigenvalue weighted by Gasteiger charge is 2.33. The zero-order chi connectivity index (χ0) is 23.5. The summed E-state index contributed by atoms with van der Waals surface area (Å²) in [6.07, 6.45) is -4.49. The van der Waals surface area contributed by atoms with Gasteiger partial charge in [-0.3, -0.25) is 0 Å². The standard InChI is InChI=1S/C23H19ClF4O3S/c1-2-22(32(29,30)18-6-3-5-16(13-18)23(26,27)28)15-9-11-17(12-10-15)31-14-19-20(24)7-4-8-21(19)25/h3-13,22H,2,14H2,1H3. The van der Waals surface area contributed by atoms with E-state index in [4.69, 9.17) is 16.3 Å². The van der Waals surface area contributed by atoms with Gasteiger partial charge in [0.05, 0.1) is 20.7 Å². The van der Waals surface area contributed by atoms with E-state index in [-0.39, 0.29) is 23.6 Å². The largest absolute Gasteiger partial charge is 0.489 e. The van der Waals surface area contributed by atoms with Gasteiger partial charge in [-0.1, -0.05) is 42.8 Å². The number of halogens is 5. The first kappa shape index (κ1) is 24.1. The van der Waals surface area contributed by atoms with Gasteiger partial charge in [0, 0.05) is 5.56 Å². The fraction of sp³-hybridized carbons (Fsp3) is 0.217. The summed E-state index contributed by atoms with van der Waals surface area (Å²) in [5.74, 6) is -0.147. The van der Waals surface area contributed by atoms with Crippen molar-refractivity contribution in [2.24, 2.45) is 0 Å². The zero-order valence-corrected chi connectivity index (χ0v) is 18.4. The third-order valence-electron chi connectivity index (χ3n) is 4.93. The first-order chi connectivity index (χ1) is 15.0. The second kappa shape index (κ2) is 9.50. The maximum absolute atomic E-state index is 13.9. The van der Waals surface area contributed by atoms with Crippen LogP contribution in [0.1, 0.15) is 35.3 Å². The van der Waals surface area contributed by atoms with E-state index in [9.17, 15) is 26.0 Å². The molecule has 3 rings (SSSR count). The van der Waals surface area contributed by atoms with E-state index >= 15 is 0 Å². The number of hydrogen-bond donors (Lipinski definition) is 0. The van der Waals surface area contributed by atoms with Crippen LogP contribution < -0.4 is 4.74 Å². The van der Waals surface area contributed by atoms with Crippen LogP contribution in [-0.2, 0) is 22.6 Å². The van der Waals surface area contributed by atoms with Crippen LogP contribution in [0.2, 0.25) is 5.02 Å². The van der Waals surface area contributed by atoms with Crippen LogP contribution >= 0.6 is 11.6 Å². The van der Waals surface area contributed by atoms with E-state index < -0.39 is 37.5 Å². The van der Waals surface area contributed by atoms with Crippen LogP contribution in [0.25, 0.3) is 0 Å².